The number of carbonyl (C=O) groups is 2. The number of benzene rings is 1. The first-order valence-corrected chi connectivity index (χ1v) is 8.20. The number of carboxylic acid groups (broad SMARTS) is 1. The topological polar surface area (TPSA) is 75.4 Å². The highest BCUT2D eigenvalue weighted by atomic mass is 16.4. The summed E-state index contributed by atoms with van der Waals surface area (Å²) in [4.78, 5) is 25.3. The van der Waals surface area contributed by atoms with E-state index >= 15 is 0 Å². The Morgan fingerprint density at radius 2 is 1.83 bits per heavy atom. The van der Waals surface area contributed by atoms with Gasteiger partial charge in [-0.05, 0) is 36.8 Å². The van der Waals surface area contributed by atoms with Crippen molar-refractivity contribution in [1.29, 1.82) is 0 Å². The lowest BCUT2D eigenvalue weighted by molar-refractivity contribution is -0.137. The maximum atomic E-state index is 12.6. The smallest absolute Gasteiger partial charge is 0.325 e. The number of hydrogen-bond donors (Lipinski definition) is 1. The number of rotatable bonds is 5. The second-order valence-electron chi connectivity index (χ2n) is 6.19. The van der Waals surface area contributed by atoms with E-state index in [2.05, 4.69) is 29.4 Å². The van der Waals surface area contributed by atoms with Gasteiger partial charge < -0.3 is 10.0 Å². The summed E-state index contributed by atoms with van der Waals surface area (Å²) in [5, 5.41) is 12.8. The average Bonchev–Trinajstić information content (AvgIpc) is 3.03. The summed E-state index contributed by atoms with van der Waals surface area (Å²) in [6.07, 6.45) is 4.44. The Morgan fingerprint density at radius 3 is 2.50 bits per heavy atom. The zero-order valence-electron chi connectivity index (χ0n) is 13.5. The van der Waals surface area contributed by atoms with Gasteiger partial charge >= 0.3 is 5.97 Å². The standard InChI is InChI=1S/C18H21N3O3/c22-17(23)13-21-16(6-9-19-21)18(24)20-10-7-15(8-11-20)12-14-4-2-1-3-5-14/h1-6,9,15H,7-8,10-13H2,(H,22,23). The molecular formula is C18H21N3O3. The summed E-state index contributed by atoms with van der Waals surface area (Å²) in [5.41, 5.74) is 1.68. The molecule has 24 heavy (non-hydrogen) atoms. The first-order chi connectivity index (χ1) is 11.6. The van der Waals surface area contributed by atoms with Crippen LogP contribution in [0.1, 0.15) is 28.9 Å². The highest BCUT2D eigenvalue weighted by molar-refractivity contribution is 5.92. The van der Waals surface area contributed by atoms with Crippen molar-refractivity contribution in [2.24, 2.45) is 5.92 Å². The fourth-order valence-electron chi connectivity index (χ4n) is 3.22. The summed E-state index contributed by atoms with van der Waals surface area (Å²) in [6, 6.07) is 12.0. The van der Waals surface area contributed by atoms with E-state index in [1.54, 1.807) is 11.0 Å². The zero-order chi connectivity index (χ0) is 16.9. The molecule has 2 aromatic rings. The Kier molecular flexibility index (Phi) is 4.93. The van der Waals surface area contributed by atoms with Crippen molar-refractivity contribution in [2.75, 3.05) is 13.1 Å². The van der Waals surface area contributed by atoms with Gasteiger partial charge in [0.15, 0.2) is 0 Å². The predicted octanol–water partition coefficient (Wildman–Crippen LogP) is 2.06. The highest BCUT2D eigenvalue weighted by Crippen LogP contribution is 2.22. The van der Waals surface area contributed by atoms with Gasteiger partial charge in [0.05, 0.1) is 0 Å². The fourth-order valence-corrected chi connectivity index (χ4v) is 3.22. The number of piperidine rings is 1. The van der Waals surface area contributed by atoms with Crippen molar-refractivity contribution >= 4 is 11.9 Å². The molecule has 2 heterocycles. The largest absolute Gasteiger partial charge is 0.480 e. The summed E-state index contributed by atoms with van der Waals surface area (Å²) in [6.45, 7) is 1.11. The van der Waals surface area contributed by atoms with Gasteiger partial charge in [-0.2, -0.15) is 5.10 Å². The number of aliphatic carboxylic acids is 1. The minimum Gasteiger partial charge on any atom is -0.480 e. The van der Waals surface area contributed by atoms with Crippen LogP contribution < -0.4 is 0 Å². The normalized spacial score (nSPS) is 15.4. The zero-order valence-corrected chi connectivity index (χ0v) is 13.5. The predicted molar refractivity (Wildman–Crippen MR) is 88.6 cm³/mol. The quantitative estimate of drug-likeness (QED) is 0.912. The molecule has 1 saturated heterocycles. The van der Waals surface area contributed by atoms with Crippen molar-refractivity contribution in [3.63, 3.8) is 0 Å². The van der Waals surface area contributed by atoms with Gasteiger partial charge in [-0.1, -0.05) is 30.3 Å². The maximum Gasteiger partial charge on any atom is 0.325 e. The van der Waals surface area contributed by atoms with Crippen LogP contribution in [-0.4, -0.2) is 44.8 Å². The van der Waals surface area contributed by atoms with Crippen molar-refractivity contribution in [1.82, 2.24) is 14.7 Å². The number of likely N-dealkylation sites (tertiary alicyclic amines) is 1. The molecule has 1 fully saturated rings. The van der Waals surface area contributed by atoms with Gasteiger partial charge in [0.2, 0.25) is 0 Å². The molecule has 3 rings (SSSR count). The summed E-state index contributed by atoms with van der Waals surface area (Å²) < 4.78 is 1.25. The summed E-state index contributed by atoms with van der Waals surface area (Å²) in [7, 11) is 0. The van der Waals surface area contributed by atoms with Gasteiger partial charge in [0.1, 0.15) is 12.2 Å². The SMILES string of the molecule is O=C(O)Cn1nccc1C(=O)N1CCC(Cc2ccccc2)CC1. The molecule has 1 aromatic heterocycles. The first kappa shape index (κ1) is 16.2. The van der Waals surface area contributed by atoms with Gasteiger partial charge in [0.25, 0.3) is 5.91 Å². The molecule has 0 unspecified atom stereocenters. The molecule has 0 saturated carbocycles. The fraction of sp³-hybridized carbons (Fsp3) is 0.389. The molecule has 6 nitrogen and oxygen atoms in total. The van der Waals surface area contributed by atoms with Crippen molar-refractivity contribution in [3.8, 4) is 0 Å². The lowest BCUT2D eigenvalue weighted by atomic mass is 9.90. The van der Waals surface area contributed by atoms with Crippen LogP contribution in [0.4, 0.5) is 0 Å². The van der Waals surface area contributed by atoms with E-state index in [1.807, 2.05) is 6.07 Å². The van der Waals surface area contributed by atoms with Crippen molar-refractivity contribution < 1.29 is 14.7 Å². The molecular weight excluding hydrogens is 306 g/mol. The number of amides is 1. The molecule has 0 atom stereocenters. The van der Waals surface area contributed by atoms with Gasteiger partial charge in [-0.25, -0.2) is 4.68 Å². The molecule has 1 aliphatic heterocycles. The number of carbonyl (C=O) groups excluding carboxylic acids is 1. The number of carboxylic acids is 1. The van der Waals surface area contributed by atoms with E-state index in [-0.39, 0.29) is 12.5 Å². The van der Waals surface area contributed by atoms with Crippen molar-refractivity contribution in [2.45, 2.75) is 25.8 Å². The lowest BCUT2D eigenvalue weighted by Crippen LogP contribution is -2.40. The first-order valence-electron chi connectivity index (χ1n) is 8.20. The highest BCUT2D eigenvalue weighted by Gasteiger charge is 2.26. The molecule has 1 aliphatic rings. The Labute approximate surface area is 140 Å². The molecule has 126 valence electrons. The molecule has 0 spiro atoms. The van der Waals surface area contributed by atoms with E-state index in [1.165, 1.54) is 16.4 Å². The Bertz CT molecular complexity index is 703. The molecule has 1 amide bonds. The molecule has 0 bridgehead atoms. The Hall–Kier alpha value is -2.63. The molecule has 1 aromatic carbocycles. The van der Waals surface area contributed by atoms with Crippen LogP contribution in [-0.2, 0) is 17.8 Å². The van der Waals surface area contributed by atoms with Crippen LogP contribution in [0, 0.1) is 5.92 Å². The van der Waals surface area contributed by atoms with Crippen LogP contribution in [0.3, 0.4) is 0 Å². The minimum absolute atomic E-state index is 0.132. The second kappa shape index (κ2) is 7.29. The van der Waals surface area contributed by atoms with E-state index in [0.29, 0.717) is 24.7 Å². The van der Waals surface area contributed by atoms with Crippen LogP contribution in [0.25, 0.3) is 0 Å². The van der Waals surface area contributed by atoms with E-state index in [0.717, 1.165) is 19.3 Å². The van der Waals surface area contributed by atoms with E-state index < -0.39 is 5.97 Å². The molecule has 0 aliphatic carbocycles. The molecule has 1 N–H and O–H groups in total. The lowest BCUT2D eigenvalue weighted by Gasteiger charge is -2.32. The third-order valence-corrected chi connectivity index (χ3v) is 4.49. The van der Waals surface area contributed by atoms with Gasteiger partial charge in [-0.3, -0.25) is 9.59 Å². The van der Waals surface area contributed by atoms with Crippen LogP contribution in [0.15, 0.2) is 42.6 Å². The van der Waals surface area contributed by atoms with Gasteiger partial charge in [-0.15, -0.1) is 0 Å². The third kappa shape index (κ3) is 3.82. The maximum absolute atomic E-state index is 12.6. The summed E-state index contributed by atoms with van der Waals surface area (Å²) >= 11 is 0. The third-order valence-electron chi connectivity index (χ3n) is 4.49. The van der Waals surface area contributed by atoms with E-state index in [9.17, 15) is 9.59 Å². The monoisotopic (exact) mass is 327 g/mol. The second-order valence-corrected chi connectivity index (χ2v) is 6.19. The number of nitrogens with zero attached hydrogens (tertiary/aromatic N) is 3. The number of hydrogen-bond acceptors (Lipinski definition) is 3. The molecule has 6 heteroatoms. The van der Waals surface area contributed by atoms with Gasteiger partial charge in [0, 0.05) is 19.3 Å². The minimum atomic E-state index is -1.01. The molecule has 0 radical (unpaired) electrons. The summed E-state index contributed by atoms with van der Waals surface area (Å²) in [5.74, 6) is -0.554. The van der Waals surface area contributed by atoms with Crippen LogP contribution >= 0.6 is 0 Å². The Morgan fingerprint density at radius 1 is 1.12 bits per heavy atom. The van der Waals surface area contributed by atoms with Crippen molar-refractivity contribution in [3.05, 3.63) is 53.9 Å². The Balaban J connectivity index is 1.57. The van der Waals surface area contributed by atoms with Crippen LogP contribution in [0.5, 0.6) is 0 Å². The van der Waals surface area contributed by atoms with E-state index in [4.69, 9.17) is 5.11 Å². The average molecular weight is 327 g/mol. The number of aromatic nitrogens is 2. The van der Waals surface area contributed by atoms with Crippen LogP contribution in [0.2, 0.25) is 0 Å².